The summed E-state index contributed by atoms with van der Waals surface area (Å²) in [4.78, 5) is 0. The van der Waals surface area contributed by atoms with Crippen molar-refractivity contribution >= 4 is 0 Å². The second-order valence-electron chi connectivity index (χ2n) is 4.03. The van der Waals surface area contributed by atoms with Crippen LogP contribution in [0, 0.1) is 6.92 Å². The van der Waals surface area contributed by atoms with Crippen LogP contribution < -0.4 is 11.3 Å². The number of hydrazine groups is 1. The van der Waals surface area contributed by atoms with Crippen molar-refractivity contribution in [2.75, 3.05) is 13.2 Å². The first-order valence-electron chi connectivity index (χ1n) is 5.60. The molecule has 1 atom stereocenters. The predicted octanol–water partition coefficient (Wildman–Crippen LogP) is 2.47. The van der Waals surface area contributed by atoms with Gasteiger partial charge in [-0.05, 0) is 24.5 Å². The molecule has 1 unspecified atom stereocenters. The zero-order valence-corrected chi connectivity index (χ0v) is 10.1. The van der Waals surface area contributed by atoms with Gasteiger partial charge < -0.3 is 4.74 Å². The van der Waals surface area contributed by atoms with Gasteiger partial charge in [-0.15, -0.1) is 0 Å². The molecule has 3 N–H and O–H groups in total. The molecule has 1 aromatic carbocycles. The maximum Gasteiger partial charge on any atom is 0.411 e. The summed E-state index contributed by atoms with van der Waals surface area (Å²) in [6.45, 7) is 0.705. The number of nitrogens with one attached hydrogen (secondary N) is 1. The van der Waals surface area contributed by atoms with Crippen molar-refractivity contribution in [3.63, 3.8) is 0 Å². The fourth-order valence-corrected chi connectivity index (χ4v) is 1.70. The van der Waals surface area contributed by atoms with Gasteiger partial charge in [0.1, 0.15) is 6.61 Å². The van der Waals surface area contributed by atoms with Crippen molar-refractivity contribution < 1.29 is 17.9 Å². The van der Waals surface area contributed by atoms with E-state index in [1.165, 1.54) is 0 Å². The van der Waals surface area contributed by atoms with Gasteiger partial charge in [0.25, 0.3) is 0 Å². The van der Waals surface area contributed by atoms with Gasteiger partial charge in [-0.2, -0.15) is 13.2 Å². The summed E-state index contributed by atoms with van der Waals surface area (Å²) in [7, 11) is 0. The minimum absolute atomic E-state index is 0.00269. The fraction of sp³-hybridized carbons (Fsp3) is 0.500. The summed E-state index contributed by atoms with van der Waals surface area (Å²) in [5, 5.41) is 0. The summed E-state index contributed by atoms with van der Waals surface area (Å²) in [6, 6.07) is 7.37. The molecule has 0 aliphatic carbocycles. The molecule has 1 aromatic rings. The number of nitrogens with two attached hydrogens (primary N) is 1. The lowest BCUT2D eigenvalue weighted by Crippen LogP contribution is -2.30. The van der Waals surface area contributed by atoms with E-state index in [9.17, 15) is 13.2 Å². The largest absolute Gasteiger partial charge is 0.411 e. The summed E-state index contributed by atoms with van der Waals surface area (Å²) in [6.07, 6.45) is -3.90. The SMILES string of the molecule is Cc1ccccc1C(CCOCC(F)(F)F)NN. The normalized spacial score (nSPS) is 13.6. The van der Waals surface area contributed by atoms with E-state index in [1.54, 1.807) is 0 Å². The molecule has 0 saturated carbocycles. The number of aryl methyl sites for hydroxylation is 1. The molecule has 0 fully saturated rings. The predicted molar refractivity (Wildman–Crippen MR) is 62.7 cm³/mol. The molecule has 102 valence electrons. The van der Waals surface area contributed by atoms with Crippen LogP contribution in [0.1, 0.15) is 23.6 Å². The first-order valence-corrected chi connectivity index (χ1v) is 5.60. The van der Waals surface area contributed by atoms with Crippen molar-refractivity contribution in [3.05, 3.63) is 35.4 Å². The van der Waals surface area contributed by atoms with E-state index in [0.29, 0.717) is 6.42 Å². The molecule has 0 aliphatic rings. The summed E-state index contributed by atoms with van der Waals surface area (Å²) < 4.78 is 40.2. The lowest BCUT2D eigenvalue weighted by Gasteiger charge is -2.18. The van der Waals surface area contributed by atoms with E-state index >= 15 is 0 Å². The molecular weight excluding hydrogens is 245 g/mol. The first kappa shape index (κ1) is 14.9. The van der Waals surface area contributed by atoms with Crippen molar-refractivity contribution in [3.8, 4) is 0 Å². The smallest absolute Gasteiger partial charge is 0.372 e. The van der Waals surface area contributed by atoms with E-state index in [-0.39, 0.29) is 12.6 Å². The monoisotopic (exact) mass is 262 g/mol. The zero-order chi connectivity index (χ0) is 13.6. The molecule has 0 bridgehead atoms. The lowest BCUT2D eigenvalue weighted by molar-refractivity contribution is -0.174. The van der Waals surface area contributed by atoms with Crippen LogP contribution in [0.5, 0.6) is 0 Å². The third-order valence-electron chi connectivity index (χ3n) is 2.58. The molecule has 0 spiro atoms. The van der Waals surface area contributed by atoms with Crippen molar-refractivity contribution in [1.82, 2.24) is 5.43 Å². The van der Waals surface area contributed by atoms with Crippen LogP contribution in [-0.4, -0.2) is 19.4 Å². The van der Waals surface area contributed by atoms with Gasteiger partial charge in [0.15, 0.2) is 0 Å². The Bertz CT molecular complexity index is 369. The molecule has 0 saturated heterocycles. The minimum atomic E-state index is -4.28. The first-order chi connectivity index (χ1) is 8.44. The number of ether oxygens (including phenoxy) is 1. The van der Waals surface area contributed by atoms with Gasteiger partial charge in [0.2, 0.25) is 0 Å². The molecule has 6 heteroatoms. The maximum atomic E-state index is 11.9. The summed E-state index contributed by atoms with van der Waals surface area (Å²) in [5.41, 5.74) is 4.60. The highest BCUT2D eigenvalue weighted by Gasteiger charge is 2.27. The summed E-state index contributed by atoms with van der Waals surface area (Å²) >= 11 is 0. The number of hydrogen-bond acceptors (Lipinski definition) is 3. The average Bonchev–Trinajstić information content (AvgIpc) is 2.29. The van der Waals surface area contributed by atoms with Crippen LogP contribution in [0.2, 0.25) is 0 Å². The molecule has 0 radical (unpaired) electrons. The Morgan fingerprint density at radius 2 is 2.00 bits per heavy atom. The van der Waals surface area contributed by atoms with E-state index in [0.717, 1.165) is 11.1 Å². The maximum absolute atomic E-state index is 11.9. The van der Waals surface area contributed by atoms with Crippen LogP contribution in [0.3, 0.4) is 0 Å². The summed E-state index contributed by atoms with van der Waals surface area (Å²) in [5.74, 6) is 5.41. The third-order valence-corrected chi connectivity index (χ3v) is 2.58. The van der Waals surface area contributed by atoms with Gasteiger partial charge >= 0.3 is 6.18 Å². The molecule has 0 heterocycles. The molecule has 18 heavy (non-hydrogen) atoms. The third kappa shape index (κ3) is 5.03. The molecule has 0 aliphatic heterocycles. The van der Waals surface area contributed by atoms with Crippen LogP contribution in [0.15, 0.2) is 24.3 Å². The van der Waals surface area contributed by atoms with Crippen molar-refractivity contribution in [2.24, 2.45) is 5.84 Å². The van der Waals surface area contributed by atoms with Crippen LogP contribution in [0.25, 0.3) is 0 Å². The van der Waals surface area contributed by atoms with Gasteiger partial charge in [-0.3, -0.25) is 11.3 Å². The van der Waals surface area contributed by atoms with Crippen LogP contribution in [-0.2, 0) is 4.74 Å². The van der Waals surface area contributed by atoms with Gasteiger partial charge in [-0.25, -0.2) is 0 Å². The molecule has 0 aromatic heterocycles. The highest BCUT2D eigenvalue weighted by molar-refractivity contribution is 5.28. The Kier molecular flexibility index (Phi) is 5.58. The Morgan fingerprint density at radius 3 is 2.56 bits per heavy atom. The quantitative estimate of drug-likeness (QED) is 0.470. The molecule has 1 rings (SSSR count). The average molecular weight is 262 g/mol. The Hall–Kier alpha value is -1.11. The lowest BCUT2D eigenvalue weighted by atomic mass is 10.00. The fourth-order valence-electron chi connectivity index (χ4n) is 1.70. The van der Waals surface area contributed by atoms with Crippen LogP contribution >= 0.6 is 0 Å². The number of hydrogen-bond donors (Lipinski definition) is 2. The second kappa shape index (κ2) is 6.72. The standard InChI is InChI=1S/C12H17F3N2O/c1-9-4-2-3-5-10(9)11(17-16)6-7-18-8-12(13,14)15/h2-5,11,17H,6-8,16H2,1H3. The number of rotatable bonds is 6. The highest BCUT2D eigenvalue weighted by Crippen LogP contribution is 2.20. The second-order valence-corrected chi connectivity index (χ2v) is 4.03. The van der Waals surface area contributed by atoms with Gasteiger partial charge in [0.05, 0.1) is 0 Å². The topological polar surface area (TPSA) is 47.3 Å². The molecule has 0 amide bonds. The molecule has 3 nitrogen and oxygen atoms in total. The van der Waals surface area contributed by atoms with E-state index in [1.807, 2.05) is 31.2 Å². The van der Waals surface area contributed by atoms with E-state index in [2.05, 4.69) is 10.2 Å². The van der Waals surface area contributed by atoms with E-state index in [4.69, 9.17) is 5.84 Å². The Balaban J connectivity index is 2.46. The van der Waals surface area contributed by atoms with Crippen LogP contribution in [0.4, 0.5) is 13.2 Å². The zero-order valence-electron chi connectivity index (χ0n) is 10.1. The number of alkyl halides is 3. The Morgan fingerprint density at radius 1 is 1.33 bits per heavy atom. The van der Waals surface area contributed by atoms with Crippen molar-refractivity contribution in [2.45, 2.75) is 25.6 Å². The molecular formula is C12H17F3N2O. The van der Waals surface area contributed by atoms with Gasteiger partial charge in [0, 0.05) is 12.6 Å². The number of halogens is 3. The van der Waals surface area contributed by atoms with Crippen molar-refractivity contribution in [1.29, 1.82) is 0 Å². The van der Waals surface area contributed by atoms with Gasteiger partial charge in [-0.1, -0.05) is 24.3 Å². The minimum Gasteiger partial charge on any atom is -0.372 e. The number of benzene rings is 1. The van der Waals surface area contributed by atoms with E-state index < -0.39 is 12.8 Å². The highest BCUT2D eigenvalue weighted by atomic mass is 19.4. The Labute approximate surface area is 104 Å².